The molecule has 1 aromatic heterocycles. The molecule has 0 aliphatic heterocycles. The molecule has 0 atom stereocenters. The molecule has 1 aliphatic rings. The van der Waals surface area contributed by atoms with Crippen molar-refractivity contribution in [1.29, 1.82) is 0 Å². The highest BCUT2D eigenvalue weighted by atomic mass is 16.3. The van der Waals surface area contributed by atoms with Gasteiger partial charge in [0.15, 0.2) is 0 Å². The van der Waals surface area contributed by atoms with Crippen LogP contribution in [0.4, 0.5) is 0 Å². The molecule has 1 nitrogen and oxygen atoms in total. The molecule has 1 heterocycles. The fraction of sp³-hybridized carbons (Fsp3) is 0.0833. The summed E-state index contributed by atoms with van der Waals surface area (Å²) in [6, 6.07) is 25.7. The van der Waals surface area contributed by atoms with Gasteiger partial charge in [0.25, 0.3) is 0 Å². The monoisotopic (exact) mass is 322 g/mol. The van der Waals surface area contributed by atoms with Gasteiger partial charge >= 0.3 is 0 Å². The largest absolute Gasteiger partial charge is 0.456 e. The first-order valence-corrected chi connectivity index (χ1v) is 8.67. The summed E-state index contributed by atoms with van der Waals surface area (Å²) < 4.78 is 6.23. The van der Waals surface area contributed by atoms with Crippen molar-refractivity contribution in [2.75, 3.05) is 0 Å². The Morgan fingerprint density at radius 2 is 1.64 bits per heavy atom. The SMILES string of the molecule is Cc1ccc2oc3c(c2c1)Cc1ccccc1C(c1ccccc1)=C3. The zero-order chi connectivity index (χ0) is 16.8. The van der Waals surface area contributed by atoms with Crippen LogP contribution in [0, 0.1) is 6.92 Å². The van der Waals surface area contributed by atoms with Crippen LogP contribution in [0.5, 0.6) is 0 Å². The summed E-state index contributed by atoms with van der Waals surface area (Å²) in [5.74, 6) is 0.982. The van der Waals surface area contributed by atoms with Crippen LogP contribution >= 0.6 is 0 Å². The predicted octanol–water partition coefficient (Wildman–Crippen LogP) is 6.23. The molecule has 0 fully saturated rings. The van der Waals surface area contributed by atoms with E-state index in [2.05, 4.69) is 85.8 Å². The molecular weight excluding hydrogens is 304 g/mol. The lowest BCUT2D eigenvalue weighted by molar-refractivity contribution is 0.600. The minimum Gasteiger partial charge on any atom is -0.456 e. The second-order valence-corrected chi connectivity index (χ2v) is 6.70. The van der Waals surface area contributed by atoms with Crippen LogP contribution in [-0.2, 0) is 6.42 Å². The highest BCUT2D eigenvalue weighted by molar-refractivity contribution is 5.97. The van der Waals surface area contributed by atoms with E-state index in [1.807, 2.05) is 0 Å². The molecule has 0 radical (unpaired) electrons. The number of hydrogen-bond acceptors (Lipinski definition) is 1. The van der Waals surface area contributed by atoms with E-state index in [9.17, 15) is 0 Å². The van der Waals surface area contributed by atoms with Crippen LogP contribution in [0.1, 0.15) is 33.6 Å². The fourth-order valence-electron chi connectivity index (χ4n) is 3.77. The molecule has 120 valence electrons. The first-order chi connectivity index (χ1) is 12.3. The van der Waals surface area contributed by atoms with Crippen molar-refractivity contribution in [3.8, 4) is 0 Å². The van der Waals surface area contributed by atoms with Crippen molar-refractivity contribution in [3.63, 3.8) is 0 Å². The molecule has 0 spiro atoms. The first kappa shape index (κ1) is 14.3. The van der Waals surface area contributed by atoms with Gasteiger partial charge in [-0.2, -0.15) is 0 Å². The van der Waals surface area contributed by atoms with Gasteiger partial charge in [-0.25, -0.2) is 0 Å². The van der Waals surface area contributed by atoms with E-state index in [0.717, 1.165) is 17.8 Å². The Bertz CT molecular complexity index is 1110. The maximum absolute atomic E-state index is 6.23. The quantitative estimate of drug-likeness (QED) is 0.356. The van der Waals surface area contributed by atoms with Crippen LogP contribution in [0.2, 0.25) is 0 Å². The lowest BCUT2D eigenvalue weighted by atomic mass is 9.93. The van der Waals surface area contributed by atoms with Crippen molar-refractivity contribution >= 4 is 22.6 Å². The van der Waals surface area contributed by atoms with Gasteiger partial charge in [0.2, 0.25) is 0 Å². The van der Waals surface area contributed by atoms with Gasteiger partial charge in [-0.05, 0) is 47.4 Å². The molecule has 1 heteroatoms. The zero-order valence-corrected chi connectivity index (χ0v) is 14.1. The number of benzene rings is 3. The second-order valence-electron chi connectivity index (χ2n) is 6.70. The summed E-state index contributed by atoms with van der Waals surface area (Å²) in [6.07, 6.45) is 3.11. The van der Waals surface area contributed by atoms with Crippen LogP contribution in [0.25, 0.3) is 22.6 Å². The maximum atomic E-state index is 6.23. The van der Waals surface area contributed by atoms with Gasteiger partial charge in [-0.3, -0.25) is 0 Å². The van der Waals surface area contributed by atoms with Gasteiger partial charge in [-0.15, -0.1) is 0 Å². The number of aryl methyl sites for hydroxylation is 1. The Hall–Kier alpha value is -3.06. The number of rotatable bonds is 1. The van der Waals surface area contributed by atoms with E-state index in [4.69, 9.17) is 4.42 Å². The summed E-state index contributed by atoms with van der Waals surface area (Å²) in [5, 5.41) is 1.23. The van der Waals surface area contributed by atoms with E-state index >= 15 is 0 Å². The topological polar surface area (TPSA) is 13.1 Å². The highest BCUT2D eigenvalue weighted by Gasteiger charge is 2.21. The summed E-state index contributed by atoms with van der Waals surface area (Å²) in [5.41, 5.74) is 8.61. The number of fused-ring (bicyclic) bond motifs is 4. The Morgan fingerprint density at radius 3 is 2.52 bits per heavy atom. The van der Waals surface area contributed by atoms with Crippen LogP contribution in [-0.4, -0.2) is 0 Å². The third kappa shape index (κ3) is 2.32. The molecule has 0 saturated heterocycles. The fourth-order valence-corrected chi connectivity index (χ4v) is 3.77. The second kappa shape index (κ2) is 5.49. The third-order valence-corrected chi connectivity index (χ3v) is 5.01. The third-order valence-electron chi connectivity index (χ3n) is 5.01. The predicted molar refractivity (Wildman–Crippen MR) is 104 cm³/mol. The number of furan rings is 1. The van der Waals surface area contributed by atoms with Crippen molar-refractivity contribution in [2.24, 2.45) is 0 Å². The normalized spacial score (nSPS) is 13.1. The molecule has 5 rings (SSSR count). The molecular formula is C24H18O. The van der Waals surface area contributed by atoms with E-state index < -0.39 is 0 Å². The Balaban J connectivity index is 1.83. The average Bonchev–Trinajstić information content (AvgIpc) is 2.88. The summed E-state index contributed by atoms with van der Waals surface area (Å²) in [6.45, 7) is 2.13. The average molecular weight is 322 g/mol. The van der Waals surface area contributed by atoms with E-state index in [1.54, 1.807) is 0 Å². The van der Waals surface area contributed by atoms with Crippen LogP contribution < -0.4 is 0 Å². The molecule has 0 bridgehead atoms. The minimum absolute atomic E-state index is 0.898. The molecule has 0 unspecified atom stereocenters. The van der Waals surface area contributed by atoms with E-state index in [1.165, 1.54) is 38.8 Å². The van der Waals surface area contributed by atoms with Gasteiger partial charge in [0, 0.05) is 17.4 Å². The van der Waals surface area contributed by atoms with Gasteiger partial charge < -0.3 is 4.42 Å². The number of hydrogen-bond donors (Lipinski definition) is 0. The highest BCUT2D eigenvalue weighted by Crippen LogP contribution is 2.38. The van der Waals surface area contributed by atoms with Gasteiger partial charge in [-0.1, -0.05) is 66.2 Å². The molecule has 0 saturated carbocycles. The van der Waals surface area contributed by atoms with Gasteiger partial charge in [0.1, 0.15) is 11.3 Å². The first-order valence-electron chi connectivity index (χ1n) is 8.67. The minimum atomic E-state index is 0.898. The molecule has 3 aromatic carbocycles. The molecule has 0 N–H and O–H groups in total. The lowest BCUT2D eigenvalue weighted by Crippen LogP contribution is -1.94. The standard InChI is InChI=1S/C24H18O/c1-16-11-12-23-21(13-16)22-14-18-9-5-6-10-19(18)20(15-24(22)25-23)17-7-3-2-4-8-17/h2-13,15H,14H2,1H3. The van der Waals surface area contributed by atoms with Crippen molar-refractivity contribution in [3.05, 3.63) is 106 Å². The molecule has 4 aromatic rings. The van der Waals surface area contributed by atoms with Crippen molar-refractivity contribution < 1.29 is 4.42 Å². The molecule has 0 amide bonds. The van der Waals surface area contributed by atoms with Crippen molar-refractivity contribution in [2.45, 2.75) is 13.3 Å². The maximum Gasteiger partial charge on any atom is 0.135 e. The van der Waals surface area contributed by atoms with E-state index in [0.29, 0.717) is 0 Å². The Kier molecular flexibility index (Phi) is 3.14. The zero-order valence-electron chi connectivity index (χ0n) is 14.1. The summed E-state index contributed by atoms with van der Waals surface area (Å²) in [7, 11) is 0. The summed E-state index contributed by atoms with van der Waals surface area (Å²) >= 11 is 0. The molecule has 1 aliphatic carbocycles. The van der Waals surface area contributed by atoms with Crippen LogP contribution in [0.15, 0.2) is 77.2 Å². The lowest BCUT2D eigenvalue weighted by Gasteiger charge is -2.11. The molecule has 25 heavy (non-hydrogen) atoms. The smallest absolute Gasteiger partial charge is 0.135 e. The van der Waals surface area contributed by atoms with E-state index in [-0.39, 0.29) is 0 Å². The Labute approximate surface area is 147 Å². The Morgan fingerprint density at radius 1 is 0.840 bits per heavy atom. The van der Waals surface area contributed by atoms with Crippen molar-refractivity contribution in [1.82, 2.24) is 0 Å². The van der Waals surface area contributed by atoms with Gasteiger partial charge in [0.05, 0.1) is 0 Å². The summed E-state index contributed by atoms with van der Waals surface area (Å²) in [4.78, 5) is 0. The van der Waals surface area contributed by atoms with Crippen LogP contribution in [0.3, 0.4) is 0 Å².